The van der Waals surface area contributed by atoms with Gasteiger partial charge in [0.25, 0.3) is 5.91 Å². The normalized spacial score (nSPS) is 11.8. The molecule has 0 fully saturated rings. The van der Waals surface area contributed by atoms with Crippen molar-refractivity contribution in [2.75, 3.05) is 20.3 Å². The van der Waals surface area contributed by atoms with Crippen LogP contribution in [0.5, 0.6) is 0 Å². The second-order valence-corrected chi connectivity index (χ2v) is 8.25. The number of alkyl halides is 3. The van der Waals surface area contributed by atoms with E-state index in [-0.39, 0.29) is 24.7 Å². The van der Waals surface area contributed by atoms with E-state index in [4.69, 9.17) is 9.15 Å². The quantitative estimate of drug-likeness (QED) is 0.440. The van der Waals surface area contributed by atoms with Gasteiger partial charge in [0.2, 0.25) is 5.89 Å². The molecule has 0 saturated carbocycles. The van der Waals surface area contributed by atoms with Crippen molar-refractivity contribution in [2.24, 2.45) is 0 Å². The number of halogens is 3. The number of aromatic nitrogens is 1. The molecule has 172 valence electrons. The summed E-state index contributed by atoms with van der Waals surface area (Å²) >= 11 is 1.58. The van der Waals surface area contributed by atoms with E-state index >= 15 is 0 Å². The third-order valence-corrected chi connectivity index (χ3v) is 5.74. The van der Waals surface area contributed by atoms with Crippen LogP contribution in [-0.2, 0) is 30.5 Å². The molecule has 32 heavy (non-hydrogen) atoms. The first-order valence-corrected chi connectivity index (χ1v) is 10.8. The van der Waals surface area contributed by atoms with Gasteiger partial charge in [-0.15, -0.1) is 11.3 Å². The molecule has 0 atom stereocenters. The fraction of sp³-hybridized carbons (Fsp3) is 0.364. The van der Waals surface area contributed by atoms with Gasteiger partial charge in [0.05, 0.1) is 18.7 Å². The number of oxazole rings is 1. The average molecular weight is 468 g/mol. The SMILES string of the molecule is COCCNC(=O)c1coc(CN(Cc2cccc(C(F)(F)F)c2)Cc2sccc2C)n1. The van der Waals surface area contributed by atoms with Gasteiger partial charge in [0.15, 0.2) is 5.69 Å². The van der Waals surface area contributed by atoms with Crippen LogP contribution in [0.25, 0.3) is 0 Å². The highest BCUT2D eigenvalue weighted by Gasteiger charge is 2.30. The number of ether oxygens (including phenoxy) is 1. The molecule has 6 nitrogen and oxygen atoms in total. The predicted molar refractivity (Wildman–Crippen MR) is 114 cm³/mol. The highest BCUT2D eigenvalue weighted by atomic mass is 32.1. The molecule has 0 aliphatic carbocycles. The summed E-state index contributed by atoms with van der Waals surface area (Å²) in [6.45, 7) is 3.72. The first-order chi connectivity index (χ1) is 15.3. The van der Waals surface area contributed by atoms with Crippen molar-refractivity contribution in [3.63, 3.8) is 0 Å². The van der Waals surface area contributed by atoms with Gasteiger partial charge in [-0.2, -0.15) is 13.2 Å². The van der Waals surface area contributed by atoms with Crippen LogP contribution in [0, 0.1) is 6.92 Å². The summed E-state index contributed by atoms with van der Waals surface area (Å²) in [5, 5.41) is 4.64. The number of carbonyl (C=O) groups excluding carboxylic acids is 1. The van der Waals surface area contributed by atoms with Crippen LogP contribution in [-0.4, -0.2) is 36.1 Å². The maximum atomic E-state index is 13.1. The summed E-state index contributed by atoms with van der Waals surface area (Å²) in [4.78, 5) is 19.4. The Morgan fingerprint density at radius 1 is 1.25 bits per heavy atom. The number of methoxy groups -OCH3 is 1. The summed E-state index contributed by atoms with van der Waals surface area (Å²) in [6.07, 6.45) is -3.13. The van der Waals surface area contributed by atoms with Crippen molar-refractivity contribution in [1.82, 2.24) is 15.2 Å². The van der Waals surface area contributed by atoms with Crippen molar-refractivity contribution in [3.05, 3.63) is 75.1 Å². The Morgan fingerprint density at radius 3 is 2.75 bits per heavy atom. The lowest BCUT2D eigenvalue weighted by molar-refractivity contribution is -0.137. The first kappa shape index (κ1) is 24.0. The molecular weight excluding hydrogens is 443 g/mol. The number of hydrogen-bond donors (Lipinski definition) is 1. The fourth-order valence-corrected chi connectivity index (χ4v) is 4.02. The highest BCUT2D eigenvalue weighted by molar-refractivity contribution is 7.10. The predicted octanol–water partition coefficient (Wildman–Crippen LogP) is 4.64. The molecule has 0 radical (unpaired) electrons. The summed E-state index contributed by atoms with van der Waals surface area (Å²) in [7, 11) is 1.54. The molecule has 1 aromatic carbocycles. The average Bonchev–Trinajstić information content (AvgIpc) is 3.37. The molecule has 3 rings (SSSR count). The van der Waals surface area contributed by atoms with E-state index in [1.165, 1.54) is 19.4 Å². The molecule has 0 aliphatic rings. The minimum absolute atomic E-state index is 0.141. The smallest absolute Gasteiger partial charge is 0.416 e. The molecule has 0 aliphatic heterocycles. The van der Waals surface area contributed by atoms with E-state index in [9.17, 15) is 18.0 Å². The molecule has 3 aromatic rings. The lowest BCUT2D eigenvalue weighted by atomic mass is 10.1. The van der Waals surface area contributed by atoms with Crippen molar-refractivity contribution in [3.8, 4) is 0 Å². The third kappa shape index (κ3) is 6.65. The molecule has 0 spiro atoms. The van der Waals surface area contributed by atoms with Crippen molar-refractivity contribution in [2.45, 2.75) is 32.7 Å². The highest BCUT2D eigenvalue weighted by Crippen LogP contribution is 2.30. The topological polar surface area (TPSA) is 67.6 Å². The number of nitrogens with zero attached hydrogens (tertiary/aromatic N) is 2. The molecule has 0 bridgehead atoms. The Hall–Kier alpha value is -2.69. The van der Waals surface area contributed by atoms with Crippen molar-refractivity contribution >= 4 is 17.2 Å². The van der Waals surface area contributed by atoms with Gasteiger partial charge in [-0.05, 0) is 35.6 Å². The number of nitrogens with one attached hydrogen (secondary N) is 1. The van der Waals surface area contributed by atoms with Gasteiger partial charge in [0.1, 0.15) is 6.26 Å². The minimum atomic E-state index is -4.40. The second-order valence-electron chi connectivity index (χ2n) is 7.25. The zero-order chi connectivity index (χ0) is 23.1. The maximum Gasteiger partial charge on any atom is 0.416 e. The van der Waals surface area contributed by atoms with E-state index < -0.39 is 11.7 Å². The van der Waals surface area contributed by atoms with E-state index in [2.05, 4.69) is 10.3 Å². The molecule has 1 N–H and O–H groups in total. The summed E-state index contributed by atoms with van der Waals surface area (Å²) in [5.41, 5.74) is 1.09. The largest absolute Gasteiger partial charge is 0.447 e. The molecule has 10 heteroatoms. The zero-order valence-electron chi connectivity index (χ0n) is 17.7. The Morgan fingerprint density at radius 2 is 2.06 bits per heavy atom. The van der Waals surface area contributed by atoms with Gasteiger partial charge in [-0.1, -0.05) is 18.2 Å². The maximum absolute atomic E-state index is 13.1. The van der Waals surface area contributed by atoms with E-state index in [1.54, 1.807) is 17.4 Å². The summed E-state index contributed by atoms with van der Waals surface area (Å²) in [6, 6.07) is 7.27. The van der Waals surface area contributed by atoms with Crippen LogP contribution in [0.15, 0.2) is 46.4 Å². The van der Waals surface area contributed by atoms with Crippen LogP contribution < -0.4 is 5.32 Å². The van der Waals surface area contributed by atoms with E-state index in [0.29, 0.717) is 31.2 Å². The molecule has 0 saturated heterocycles. The Kier molecular flexibility index (Phi) is 8.05. The molecule has 2 aromatic heterocycles. The number of benzene rings is 1. The number of aryl methyl sites for hydroxylation is 1. The standard InChI is InChI=1S/C22H24F3N3O3S/c1-15-6-9-32-19(15)12-28(11-16-4-3-5-17(10-16)22(23,24)25)13-20-27-18(14-31-20)21(29)26-7-8-30-2/h3-6,9-10,14H,7-8,11-13H2,1-2H3,(H,26,29). The van der Waals surface area contributed by atoms with Gasteiger partial charge < -0.3 is 14.5 Å². The van der Waals surface area contributed by atoms with E-state index in [1.807, 2.05) is 23.3 Å². The van der Waals surface area contributed by atoms with Gasteiger partial charge in [0, 0.05) is 31.6 Å². The number of carbonyl (C=O) groups is 1. The monoisotopic (exact) mass is 467 g/mol. The molecule has 0 unspecified atom stereocenters. The minimum Gasteiger partial charge on any atom is -0.447 e. The lowest BCUT2D eigenvalue weighted by Crippen LogP contribution is -2.27. The number of rotatable bonds is 10. The third-order valence-electron chi connectivity index (χ3n) is 4.73. The summed E-state index contributed by atoms with van der Waals surface area (Å²) in [5.74, 6) is -0.0707. The second kappa shape index (κ2) is 10.8. The lowest BCUT2D eigenvalue weighted by Gasteiger charge is -2.21. The van der Waals surface area contributed by atoms with Crippen LogP contribution in [0.3, 0.4) is 0 Å². The summed E-state index contributed by atoms with van der Waals surface area (Å²) < 4.78 is 49.7. The number of thiophene rings is 1. The van der Waals surface area contributed by atoms with Crippen molar-refractivity contribution in [1.29, 1.82) is 0 Å². The zero-order valence-corrected chi connectivity index (χ0v) is 18.6. The van der Waals surface area contributed by atoms with Gasteiger partial charge in [-0.25, -0.2) is 4.98 Å². The Balaban J connectivity index is 1.76. The van der Waals surface area contributed by atoms with E-state index in [0.717, 1.165) is 22.6 Å². The van der Waals surface area contributed by atoms with Crippen molar-refractivity contribution < 1.29 is 27.1 Å². The van der Waals surface area contributed by atoms with Crippen LogP contribution >= 0.6 is 11.3 Å². The van der Waals surface area contributed by atoms with Crippen LogP contribution in [0.2, 0.25) is 0 Å². The fourth-order valence-electron chi connectivity index (χ4n) is 3.08. The van der Waals surface area contributed by atoms with Gasteiger partial charge >= 0.3 is 6.18 Å². The Labute approximate surface area is 188 Å². The van der Waals surface area contributed by atoms with Gasteiger partial charge in [-0.3, -0.25) is 9.69 Å². The molecular formula is C22H24F3N3O3S. The Bertz CT molecular complexity index is 1030. The first-order valence-electron chi connectivity index (χ1n) is 9.89. The number of hydrogen-bond acceptors (Lipinski definition) is 6. The molecule has 2 heterocycles. The van der Waals surface area contributed by atoms with Crippen LogP contribution in [0.4, 0.5) is 13.2 Å². The molecule has 1 amide bonds. The van der Waals surface area contributed by atoms with Crippen LogP contribution in [0.1, 0.15) is 37.9 Å². The number of amides is 1.